The minimum absolute atomic E-state index is 0.263. The lowest BCUT2D eigenvalue weighted by molar-refractivity contribution is -0.0119. The van der Waals surface area contributed by atoms with Crippen molar-refractivity contribution in [1.29, 1.82) is 0 Å². The third-order valence-corrected chi connectivity index (χ3v) is 5.69. The Balaban J connectivity index is 1.54. The van der Waals surface area contributed by atoms with Crippen molar-refractivity contribution < 1.29 is 4.74 Å². The van der Waals surface area contributed by atoms with E-state index in [2.05, 4.69) is 14.9 Å². The van der Waals surface area contributed by atoms with Crippen LogP contribution in [0.2, 0.25) is 5.15 Å². The number of halogens is 1. The predicted molar refractivity (Wildman–Crippen MR) is 98.8 cm³/mol. The Morgan fingerprint density at radius 2 is 2.33 bits per heavy atom. The highest BCUT2D eigenvalue weighted by Crippen LogP contribution is 2.30. The van der Waals surface area contributed by atoms with Crippen LogP contribution < -0.4 is 4.90 Å². The second-order valence-corrected chi connectivity index (χ2v) is 7.70. The molecule has 24 heavy (non-hydrogen) atoms. The van der Waals surface area contributed by atoms with Crippen LogP contribution in [-0.2, 0) is 17.9 Å². The summed E-state index contributed by atoms with van der Waals surface area (Å²) in [5, 5.41) is 1.58. The fourth-order valence-corrected chi connectivity index (χ4v) is 4.03. The van der Waals surface area contributed by atoms with Gasteiger partial charge in [-0.25, -0.2) is 4.98 Å². The van der Waals surface area contributed by atoms with Gasteiger partial charge < -0.3 is 9.64 Å². The Morgan fingerprint density at radius 3 is 3.04 bits per heavy atom. The van der Waals surface area contributed by atoms with Crippen molar-refractivity contribution in [2.75, 3.05) is 32.1 Å². The van der Waals surface area contributed by atoms with Crippen molar-refractivity contribution in [1.82, 2.24) is 14.9 Å². The SMILES string of the molecule is CN(C)c1nc(Cl)c(CN2CCC[C@@H](OCc3cccnc3)C2)s1. The Hall–Kier alpha value is -1.21. The van der Waals surface area contributed by atoms with Crippen molar-refractivity contribution in [3.05, 3.63) is 40.1 Å². The predicted octanol–water partition coefficient (Wildman–Crippen LogP) is 3.44. The van der Waals surface area contributed by atoms with Gasteiger partial charge >= 0.3 is 0 Å². The zero-order chi connectivity index (χ0) is 16.9. The number of anilines is 1. The van der Waals surface area contributed by atoms with E-state index >= 15 is 0 Å². The summed E-state index contributed by atoms with van der Waals surface area (Å²) in [6, 6.07) is 3.99. The van der Waals surface area contributed by atoms with Crippen LogP contribution in [0.3, 0.4) is 0 Å². The number of rotatable bonds is 6. The zero-order valence-electron chi connectivity index (χ0n) is 14.1. The third kappa shape index (κ3) is 4.66. The summed E-state index contributed by atoms with van der Waals surface area (Å²) in [6.07, 6.45) is 6.16. The van der Waals surface area contributed by atoms with Gasteiger partial charge in [0.1, 0.15) is 5.15 Å². The quantitative estimate of drug-likeness (QED) is 0.783. The van der Waals surface area contributed by atoms with Crippen molar-refractivity contribution >= 4 is 28.1 Å². The number of likely N-dealkylation sites (tertiary alicyclic amines) is 1. The van der Waals surface area contributed by atoms with Gasteiger partial charge in [-0.15, -0.1) is 0 Å². The molecule has 0 radical (unpaired) electrons. The Labute approximate surface area is 152 Å². The number of piperidine rings is 1. The number of thiazole rings is 1. The van der Waals surface area contributed by atoms with Crippen LogP contribution in [0.25, 0.3) is 0 Å². The number of hydrogen-bond donors (Lipinski definition) is 0. The van der Waals surface area contributed by atoms with Gasteiger partial charge in [0.2, 0.25) is 0 Å². The van der Waals surface area contributed by atoms with E-state index in [-0.39, 0.29) is 6.10 Å². The highest BCUT2D eigenvalue weighted by molar-refractivity contribution is 7.16. The minimum Gasteiger partial charge on any atom is -0.372 e. The molecular weight excluding hydrogens is 344 g/mol. The summed E-state index contributed by atoms with van der Waals surface area (Å²) < 4.78 is 6.08. The zero-order valence-corrected chi connectivity index (χ0v) is 15.7. The summed E-state index contributed by atoms with van der Waals surface area (Å²) in [7, 11) is 3.98. The maximum absolute atomic E-state index is 6.29. The molecule has 0 aliphatic carbocycles. The molecule has 0 N–H and O–H groups in total. The third-order valence-electron chi connectivity index (χ3n) is 4.06. The molecule has 0 saturated carbocycles. The standard InChI is InChI=1S/C17H23ClN4OS/c1-21(2)17-20-16(18)15(24-17)11-22-8-4-6-14(10-22)23-12-13-5-3-7-19-9-13/h3,5,7,9,14H,4,6,8,10-12H2,1-2H3/t14-/m1/s1. The fraction of sp³-hybridized carbons (Fsp3) is 0.529. The average molecular weight is 367 g/mol. The number of hydrogen-bond acceptors (Lipinski definition) is 6. The highest BCUT2D eigenvalue weighted by Gasteiger charge is 2.22. The topological polar surface area (TPSA) is 41.5 Å². The van der Waals surface area contributed by atoms with E-state index in [0.29, 0.717) is 11.8 Å². The first-order chi connectivity index (χ1) is 11.6. The normalized spacial score (nSPS) is 18.7. The fourth-order valence-electron chi connectivity index (χ4n) is 2.80. The minimum atomic E-state index is 0.263. The van der Waals surface area contributed by atoms with Gasteiger partial charge in [0.05, 0.1) is 17.6 Å². The monoisotopic (exact) mass is 366 g/mol. The van der Waals surface area contributed by atoms with Gasteiger partial charge in [0, 0.05) is 39.6 Å². The molecule has 2 aromatic rings. The molecule has 1 atom stereocenters. The van der Waals surface area contributed by atoms with Gasteiger partial charge in [-0.05, 0) is 31.0 Å². The molecule has 7 heteroatoms. The summed E-state index contributed by atoms with van der Waals surface area (Å²) in [5.41, 5.74) is 1.12. The van der Waals surface area contributed by atoms with Crippen LogP contribution in [0.1, 0.15) is 23.3 Å². The molecule has 1 fully saturated rings. The molecule has 1 aliphatic rings. The van der Waals surface area contributed by atoms with Crippen LogP contribution >= 0.6 is 22.9 Å². The highest BCUT2D eigenvalue weighted by atomic mass is 35.5. The number of aromatic nitrogens is 2. The first-order valence-corrected chi connectivity index (χ1v) is 9.36. The molecule has 3 rings (SSSR count). The van der Waals surface area contributed by atoms with Crippen LogP contribution in [0.5, 0.6) is 0 Å². The first kappa shape index (κ1) is 17.6. The second kappa shape index (κ2) is 8.25. The van der Waals surface area contributed by atoms with Crippen LogP contribution in [0.15, 0.2) is 24.5 Å². The molecule has 3 heterocycles. The lowest BCUT2D eigenvalue weighted by atomic mass is 10.1. The molecule has 0 unspecified atom stereocenters. The van der Waals surface area contributed by atoms with Crippen molar-refractivity contribution in [2.45, 2.75) is 32.1 Å². The first-order valence-electron chi connectivity index (χ1n) is 8.17. The van der Waals surface area contributed by atoms with Crippen LogP contribution in [-0.4, -0.2) is 48.2 Å². The van der Waals surface area contributed by atoms with E-state index in [1.807, 2.05) is 37.3 Å². The van der Waals surface area contributed by atoms with Gasteiger partial charge in [-0.3, -0.25) is 9.88 Å². The maximum Gasteiger partial charge on any atom is 0.186 e. The van der Waals surface area contributed by atoms with Gasteiger partial charge in [0.25, 0.3) is 0 Å². The molecule has 0 spiro atoms. The molecule has 0 bridgehead atoms. The van der Waals surface area contributed by atoms with E-state index in [0.717, 1.165) is 48.0 Å². The summed E-state index contributed by atoms with van der Waals surface area (Å²) in [4.78, 5) is 14.1. The molecule has 0 amide bonds. The maximum atomic E-state index is 6.29. The number of ether oxygens (including phenoxy) is 1. The lowest BCUT2D eigenvalue weighted by Crippen LogP contribution is -2.39. The Kier molecular flexibility index (Phi) is 6.05. The van der Waals surface area contributed by atoms with E-state index < -0.39 is 0 Å². The molecule has 0 aromatic carbocycles. The Bertz CT molecular complexity index is 649. The van der Waals surface area contributed by atoms with Gasteiger partial charge in [-0.2, -0.15) is 0 Å². The average Bonchev–Trinajstić information content (AvgIpc) is 2.95. The summed E-state index contributed by atoms with van der Waals surface area (Å²) in [5.74, 6) is 0. The van der Waals surface area contributed by atoms with E-state index in [4.69, 9.17) is 16.3 Å². The van der Waals surface area contributed by atoms with E-state index in [1.165, 1.54) is 0 Å². The molecule has 5 nitrogen and oxygen atoms in total. The molecule has 130 valence electrons. The van der Waals surface area contributed by atoms with Crippen molar-refractivity contribution in [2.24, 2.45) is 0 Å². The molecule has 1 saturated heterocycles. The molecule has 2 aromatic heterocycles. The van der Waals surface area contributed by atoms with Crippen molar-refractivity contribution in [3.8, 4) is 0 Å². The van der Waals surface area contributed by atoms with Gasteiger partial charge in [0.15, 0.2) is 5.13 Å². The summed E-state index contributed by atoms with van der Waals surface area (Å²) in [6.45, 7) is 3.49. The van der Waals surface area contributed by atoms with Crippen LogP contribution in [0.4, 0.5) is 5.13 Å². The smallest absolute Gasteiger partial charge is 0.186 e. The van der Waals surface area contributed by atoms with Gasteiger partial charge in [-0.1, -0.05) is 29.0 Å². The lowest BCUT2D eigenvalue weighted by Gasteiger charge is -2.32. The van der Waals surface area contributed by atoms with Crippen LogP contribution in [0, 0.1) is 0 Å². The number of nitrogens with zero attached hydrogens (tertiary/aromatic N) is 4. The Morgan fingerprint density at radius 1 is 1.46 bits per heavy atom. The largest absolute Gasteiger partial charge is 0.372 e. The van der Waals surface area contributed by atoms with E-state index in [9.17, 15) is 0 Å². The summed E-state index contributed by atoms with van der Waals surface area (Å²) >= 11 is 7.96. The molecular formula is C17H23ClN4OS. The van der Waals surface area contributed by atoms with E-state index in [1.54, 1.807) is 17.5 Å². The number of pyridine rings is 1. The second-order valence-electron chi connectivity index (χ2n) is 6.28. The van der Waals surface area contributed by atoms with Crippen molar-refractivity contribution in [3.63, 3.8) is 0 Å². The molecule has 1 aliphatic heterocycles.